The Kier molecular flexibility index (Phi) is 16.6. The number of rotatable bonds is 2. The summed E-state index contributed by atoms with van der Waals surface area (Å²) in [6.07, 6.45) is -1.33. The van der Waals surface area contributed by atoms with Gasteiger partial charge in [-0.05, 0) is 0 Å². The Hall–Kier alpha value is 0.740. The second-order valence-corrected chi connectivity index (χ2v) is 1.05. The number of carboxylic acids is 1. The van der Waals surface area contributed by atoms with E-state index < -0.39 is 18.6 Å². The fraction of sp³-hybridized carbons (Fsp3) is 0.333. The van der Waals surface area contributed by atoms with Gasteiger partial charge in [-0.2, -0.15) is 0 Å². The average molecular weight is 167 g/mol. The summed E-state index contributed by atoms with van der Waals surface area (Å²) in [6.45, 7) is -0.546. The third-order valence-electron chi connectivity index (χ3n) is 0.391. The van der Waals surface area contributed by atoms with Crippen LogP contribution in [0.15, 0.2) is 0 Å². The zero-order chi connectivity index (χ0) is 6.57. The standard InChI is InChI=1S/C3H5NO4.2Na.2H/c5-2(6)1-4-3(7)8;;;;/h4H,1H2,(H,5,6)(H,7,8);;;;. The predicted molar refractivity (Wildman–Crippen MR) is 38.0 cm³/mol. The molecule has 0 aromatic rings. The van der Waals surface area contributed by atoms with Crippen molar-refractivity contribution in [1.82, 2.24) is 5.32 Å². The first-order valence-electron chi connectivity index (χ1n) is 1.81. The number of hydrogen-bond donors (Lipinski definition) is 3. The van der Waals surface area contributed by atoms with Crippen molar-refractivity contribution in [2.75, 3.05) is 6.54 Å². The number of carbonyl (C=O) groups is 2. The molecule has 0 heterocycles. The molecule has 7 heteroatoms. The van der Waals surface area contributed by atoms with Gasteiger partial charge in [0.15, 0.2) is 0 Å². The van der Waals surface area contributed by atoms with Gasteiger partial charge in [0, 0.05) is 0 Å². The topological polar surface area (TPSA) is 86.6 Å². The summed E-state index contributed by atoms with van der Waals surface area (Å²) in [5, 5.41) is 17.3. The fourth-order valence-corrected chi connectivity index (χ4v) is 0.151. The summed E-state index contributed by atoms with van der Waals surface area (Å²) in [5.41, 5.74) is 0. The van der Waals surface area contributed by atoms with Crippen molar-refractivity contribution in [3.05, 3.63) is 0 Å². The first-order chi connectivity index (χ1) is 3.63. The van der Waals surface area contributed by atoms with Gasteiger partial charge in [0.2, 0.25) is 0 Å². The van der Waals surface area contributed by atoms with Crippen LogP contribution in [-0.4, -0.2) is 87.9 Å². The van der Waals surface area contributed by atoms with Crippen LogP contribution >= 0.6 is 0 Å². The first kappa shape index (κ1) is 17.0. The van der Waals surface area contributed by atoms with E-state index in [1.54, 1.807) is 5.32 Å². The van der Waals surface area contributed by atoms with Crippen molar-refractivity contribution in [3.8, 4) is 0 Å². The molecule has 0 bridgehead atoms. The molecule has 3 N–H and O–H groups in total. The molecule has 0 spiro atoms. The van der Waals surface area contributed by atoms with Crippen LogP contribution in [0.4, 0.5) is 4.79 Å². The molecular formula is C3H7NNa2O4. The monoisotopic (exact) mass is 167 g/mol. The Balaban J connectivity index is -0.000000245. The summed E-state index contributed by atoms with van der Waals surface area (Å²) in [5.74, 6) is -1.19. The first-order valence-corrected chi connectivity index (χ1v) is 1.81. The van der Waals surface area contributed by atoms with E-state index in [4.69, 9.17) is 10.2 Å². The zero-order valence-corrected chi connectivity index (χ0v) is 3.92. The molecule has 0 rings (SSSR count). The van der Waals surface area contributed by atoms with Crippen LogP contribution in [-0.2, 0) is 4.79 Å². The SMILES string of the molecule is O=C(O)CNC(=O)O.[NaH].[NaH]. The Morgan fingerprint density at radius 2 is 1.60 bits per heavy atom. The van der Waals surface area contributed by atoms with Gasteiger partial charge in [-0.25, -0.2) is 4.79 Å². The summed E-state index contributed by atoms with van der Waals surface area (Å²) < 4.78 is 0. The molecule has 0 radical (unpaired) electrons. The molecule has 0 atom stereocenters. The van der Waals surface area contributed by atoms with E-state index in [1.165, 1.54) is 0 Å². The van der Waals surface area contributed by atoms with Crippen LogP contribution in [0.1, 0.15) is 0 Å². The van der Waals surface area contributed by atoms with Crippen molar-refractivity contribution in [3.63, 3.8) is 0 Å². The second kappa shape index (κ2) is 9.74. The summed E-state index contributed by atoms with van der Waals surface area (Å²) in [6, 6.07) is 0. The quantitative estimate of drug-likeness (QED) is 0.417. The molecule has 0 saturated carbocycles. The van der Waals surface area contributed by atoms with Gasteiger partial charge < -0.3 is 15.5 Å². The number of hydrogen-bond acceptors (Lipinski definition) is 2. The van der Waals surface area contributed by atoms with Crippen LogP contribution in [0.5, 0.6) is 0 Å². The van der Waals surface area contributed by atoms with Crippen LogP contribution in [0.3, 0.4) is 0 Å². The van der Waals surface area contributed by atoms with E-state index in [0.717, 1.165) is 0 Å². The van der Waals surface area contributed by atoms with E-state index in [2.05, 4.69) is 0 Å². The zero-order valence-electron chi connectivity index (χ0n) is 3.92. The van der Waals surface area contributed by atoms with Gasteiger partial charge in [-0.3, -0.25) is 4.79 Å². The van der Waals surface area contributed by atoms with E-state index >= 15 is 0 Å². The van der Waals surface area contributed by atoms with Gasteiger partial charge in [-0.15, -0.1) is 0 Å². The van der Waals surface area contributed by atoms with Crippen molar-refractivity contribution in [2.24, 2.45) is 0 Å². The molecule has 0 aromatic heterocycles. The Labute approximate surface area is 102 Å². The van der Waals surface area contributed by atoms with E-state index in [9.17, 15) is 9.59 Å². The Bertz CT molecular complexity index is 103. The molecule has 0 saturated heterocycles. The third-order valence-corrected chi connectivity index (χ3v) is 0.391. The van der Waals surface area contributed by atoms with Crippen LogP contribution in [0.25, 0.3) is 0 Å². The predicted octanol–water partition coefficient (Wildman–Crippen LogP) is -1.96. The van der Waals surface area contributed by atoms with Crippen molar-refractivity contribution in [2.45, 2.75) is 0 Å². The van der Waals surface area contributed by atoms with Crippen LogP contribution in [0, 0.1) is 0 Å². The number of amides is 1. The molecule has 0 aliphatic carbocycles. The van der Waals surface area contributed by atoms with Crippen molar-refractivity contribution >= 4 is 71.2 Å². The third kappa shape index (κ3) is 15.9. The minimum atomic E-state index is -1.33. The van der Waals surface area contributed by atoms with Crippen molar-refractivity contribution < 1.29 is 19.8 Å². The minimum absolute atomic E-state index is 0. The molecule has 0 fully saturated rings. The molecular weight excluding hydrogens is 160 g/mol. The van der Waals surface area contributed by atoms with Crippen molar-refractivity contribution in [1.29, 1.82) is 0 Å². The van der Waals surface area contributed by atoms with Gasteiger partial charge >= 0.3 is 71.2 Å². The molecule has 0 aliphatic heterocycles. The Morgan fingerprint density at radius 1 is 1.20 bits per heavy atom. The van der Waals surface area contributed by atoms with Gasteiger partial charge in [0.05, 0.1) is 0 Å². The molecule has 0 aliphatic rings. The maximum atomic E-state index is 9.58. The average Bonchev–Trinajstić information content (AvgIpc) is 1.61. The molecule has 10 heavy (non-hydrogen) atoms. The van der Waals surface area contributed by atoms with Gasteiger partial charge in [-0.1, -0.05) is 0 Å². The maximum absolute atomic E-state index is 9.58. The van der Waals surface area contributed by atoms with Crippen LogP contribution < -0.4 is 5.32 Å². The summed E-state index contributed by atoms with van der Waals surface area (Å²) in [7, 11) is 0. The van der Waals surface area contributed by atoms with Gasteiger partial charge in [0.25, 0.3) is 0 Å². The molecule has 5 nitrogen and oxygen atoms in total. The van der Waals surface area contributed by atoms with E-state index in [1.807, 2.05) is 0 Å². The molecule has 0 unspecified atom stereocenters. The molecule has 0 aromatic carbocycles. The van der Waals surface area contributed by atoms with E-state index in [0.29, 0.717) is 0 Å². The van der Waals surface area contributed by atoms with Gasteiger partial charge in [0.1, 0.15) is 6.54 Å². The normalized spacial score (nSPS) is 6.40. The molecule has 1 amide bonds. The number of aliphatic carboxylic acids is 1. The van der Waals surface area contributed by atoms with E-state index in [-0.39, 0.29) is 59.1 Å². The number of nitrogens with one attached hydrogen (secondary N) is 1. The second-order valence-electron chi connectivity index (χ2n) is 1.05. The molecule has 50 valence electrons. The Morgan fingerprint density at radius 3 is 1.70 bits per heavy atom. The summed E-state index contributed by atoms with van der Waals surface area (Å²) in [4.78, 5) is 19.1. The number of carboxylic acid groups (broad SMARTS) is 2. The van der Waals surface area contributed by atoms with Crippen LogP contribution in [0.2, 0.25) is 0 Å². The summed E-state index contributed by atoms with van der Waals surface area (Å²) >= 11 is 0. The fourth-order valence-electron chi connectivity index (χ4n) is 0.151.